The van der Waals surface area contributed by atoms with Crippen molar-refractivity contribution in [2.45, 2.75) is 13.8 Å². The SMILES string of the molecule is CCOc1ccc(NC(=O)c2ccc(Nc3cc(C)on3)nn2)cc1. The third-order valence-corrected chi connectivity index (χ3v) is 3.20. The Hall–Kier alpha value is -3.42. The lowest BCUT2D eigenvalue weighted by Crippen LogP contribution is -2.14. The van der Waals surface area contributed by atoms with Crippen LogP contribution in [0.25, 0.3) is 0 Å². The molecule has 2 N–H and O–H groups in total. The quantitative estimate of drug-likeness (QED) is 0.711. The Bertz CT molecular complexity index is 843. The first-order valence-corrected chi connectivity index (χ1v) is 7.72. The molecule has 0 saturated carbocycles. The van der Waals surface area contributed by atoms with Crippen LogP contribution in [0, 0.1) is 6.92 Å². The summed E-state index contributed by atoms with van der Waals surface area (Å²) in [4.78, 5) is 12.2. The third-order valence-electron chi connectivity index (χ3n) is 3.20. The molecule has 8 heteroatoms. The maximum atomic E-state index is 12.2. The molecule has 0 saturated heterocycles. The molecular weight excluding hydrogens is 322 g/mol. The Labute approximate surface area is 144 Å². The first kappa shape index (κ1) is 16.4. The van der Waals surface area contributed by atoms with Gasteiger partial charge < -0.3 is 19.9 Å². The van der Waals surface area contributed by atoms with Crippen LogP contribution in [0.5, 0.6) is 5.75 Å². The molecule has 0 atom stereocenters. The molecule has 0 aliphatic heterocycles. The van der Waals surface area contributed by atoms with Crippen molar-refractivity contribution in [3.8, 4) is 5.75 Å². The molecule has 1 amide bonds. The number of aromatic nitrogens is 3. The van der Waals surface area contributed by atoms with Gasteiger partial charge in [0.2, 0.25) is 0 Å². The summed E-state index contributed by atoms with van der Waals surface area (Å²) >= 11 is 0. The topological polar surface area (TPSA) is 102 Å². The van der Waals surface area contributed by atoms with Crippen molar-refractivity contribution in [1.29, 1.82) is 0 Å². The number of rotatable bonds is 6. The van der Waals surface area contributed by atoms with Crippen molar-refractivity contribution < 1.29 is 14.1 Å². The van der Waals surface area contributed by atoms with Crippen LogP contribution in [0.1, 0.15) is 23.2 Å². The molecule has 1 aromatic carbocycles. The molecule has 25 heavy (non-hydrogen) atoms. The van der Waals surface area contributed by atoms with Crippen molar-refractivity contribution in [1.82, 2.24) is 15.4 Å². The average molecular weight is 339 g/mol. The summed E-state index contributed by atoms with van der Waals surface area (Å²) in [5.41, 5.74) is 0.853. The van der Waals surface area contributed by atoms with Crippen LogP contribution >= 0.6 is 0 Å². The van der Waals surface area contributed by atoms with Crippen molar-refractivity contribution in [3.05, 3.63) is 53.9 Å². The van der Waals surface area contributed by atoms with Gasteiger partial charge in [-0.25, -0.2) is 0 Å². The lowest BCUT2D eigenvalue weighted by Gasteiger charge is -2.07. The Morgan fingerprint density at radius 1 is 1.12 bits per heavy atom. The molecular formula is C17H17N5O3. The monoisotopic (exact) mass is 339 g/mol. The van der Waals surface area contributed by atoms with E-state index < -0.39 is 0 Å². The second-order valence-electron chi connectivity index (χ2n) is 5.16. The number of carbonyl (C=O) groups is 1. The number of ether oxygens (including phenoxy) is 1. The summed E-state index contributed by atoms with van der Waals surface area (Å²) in [7, 11) is 0. The van der Waals surface area contributed by atoms with E-state index in [9.17, 15) is 4.79 Å². The van der Waals surface area contributed by atoms with E-state index in [0.29, 0.717) is 29.7 Å². The summed E-state index contributed by atoms with van der Waals surface area (Å²) in [6.45, 7) is 4.30. The molecule has 0 fully saturated rings. The highest BCUT2D eigenvalue weighted by Gasteiger charge is 2.09. The number of hydrogen-bond acceptors (Lipinski definition) is 7. The summed E-state index contributed by atoms with van der Waals surface area (Å²) in [5, 5.41) is 17.4. The van der Waals surface area contributed by atoms with Gasteiger partial charge in [0.25, 0.3) is 5.91 Å². The van der Waals surface area contributed by atoms with E-state index in [1.54, 1.807) is 49.4 Å². The van der Waals surface area contributed by atoms with E-state index in [-0.39, 0.29) is 11.6 Å². The molecule has 0 aliphatic rings. The van der Waals surface area contributed by atoms with Crippen LogP contribution in [-0.4, -0.2) is 27.9 Å². The van der Waals surface area contributed by atoms with Crippen molar-refractivity contribution in [3.63, 3.8) is 0 Å². The standard InChI is InChI=1S/C17H17N5O3/c1-3-24-13-6-4-12(5-7-13)18-17(23)14-8-9-15(21-20-14)19-16-10-11(2)25-22-16/h4-10H,3H2,1-2H3,(H,18,23)(H,19,21,22). The van der Waals surface area contributed by atoms with E-state index >= 15 is 0 Å². The molecule has 0 aliphatic carbocycles. The summed E-state index contributed by atoms with van der Waals surface area (Å²) in [6.07, 6.45) is 0. The van der Waals surface area contributed by atoms with Gasteiger partial charge in [0.1, 0.15) is 11.5 Å². The predicted octanol–water partition coefficient (Wildman–Crippen LogP) is 3.17. The van der Waals surface area contributed by atoms with Crippen LogP contribution in [-0.2, 0) is 0 Å². The zero-order valence-electron chi connectivity index (χ0n) is 13.8. The fourth-order valence-corrected chi connectivity index (χ4v) is 2.07. The van der Waals surface area contributed by atoms with Crippen molar-refractivity contribution in [2.75, 3.05) is 17.2 Å². The van der Waals surface area contributed by atoms with E-state index in [0.717, 1.165) is 5.75 Å². The highest BCUT2D eigenvalue weighted by atomic mass is 16.5. The lowest BCUT2D eigenvalue weighted by atomic mass is 10.3. The predicted molar refractivity (Wildman–Crippen MR) is 92.1 cm³/mol. The molecule has 3 rings (SSSR count). The van der Waals surface area contributed by atoms with E-state index in [2.05, 4.69) is 26.0 Å². The van der Waals surface area contributed by atoms with Gasteiger partial charge in [-0.05, 0) is 50.2 Å². The maximum absolute atomic E-state index is 12.2. The molecule has 0 spiro atoms. The highest BCUT2D eigenvalue weighted by Crippen LogP contribution is 2.17. The average Bonchev–Trinajstić information content (AvgIpc) is 3.02. The molecule has 0 radical (unpaired) electrons. The van der Waals surface area contributed by atoms with Gasteiger partial charge >= 0.3 is 0 Å². The van der Waals surface area contributed by atoms with Crippen LogP contribution < -0.4 is 15.4 Å². The minimum atomic E-state index is -0.347. The molecule has 2 aromatic heterocycles. The minimum Gasteiger partial charge on any atom is -0.494 e. The molecule has 0 bridgehead atoms. The zero-order valence-corrected chi connectivity index (χ0v) is 13.8. The molecule has 3 aromatic rings. The van der Waals surface area contributed by atoms with Gasteiger partial charge in [-0.15, -0.1) is 10.2 Å². The Kier molecular flexibility index (Phi) is 4.89. The van der Waals surface area contributed by atoms with Crippen LogP contribution in [0.3, 0.4) is 0 Å². The summed E-state index contributed by atoms with van der Waals surface area (Å²) < 4.78 is 10.3. The van der Waals surface area contributed by atoms with Gasteiger partial charge in [0, 0.05) is 11.8 Å². The van der Waals surface area contributed by atoms with Gasteiger partial charge in [-0.1, -0.05) is 5.16 Å². The summed E-state index contributed by atoms with van der Waals surface area (Å²) in [5.74, 6) is 2.07. The molecule has 0 unspecified atom stereocenters. The maximum Gasteiger partial charge on any atom is 0.276 e. The van der Waals surface area contributed by atoms with Crippen LogP contribution in [0.2, 0.25) is 0 Å². The molecule has 2 heterocycles. The number of amides is 1. The highest BCUT2D eigenvalue weighted by molar-refractivity contribution is 6.02. The Balaban J connectivity index is 1.62. The van der Waals surface area contributed by atoms with Crippen LogP contribution in [0.4, 0.5) is 17.3 Å². The minimum absolute atomic E-state index is 0.204. The number of hydrogen-bond donors (Lipinski definition) is 2. The number of nitrogens with one attached hydrogen (secondary N) is 2. The first-order chi connectivity index (χ1) is 12.1. The largest absolute Gasteiger partial charge is 0.494 e. The molecule has 128 valence electrons. The zero-order chi connectivity index (χ0) is 17.6. The van der Waals surface area contributed by atoms with Crippen molar-refractivity contribution in [2.24, 2.45) is 0 Å². The molecule has 8 nitrogen and oxygen atoms in total. The van der Waals surface area contributed by atoms with Crippen LogP contribution in [0.15, 0.2) is 47.0 Å². The summed E-state index contributed by atoms with van der Waals surface area (Å²) in [6, 6.07) is 12.1. The number of nitrogens with zero attached hydrogens (tertiary/aromatic N) is 3. The number of aryl methyl sites for hydroxylation is 1. The normalized spacial score (nSPS) is 10.3. The van der Waals surface area contributed by atoms with Gasteiger partial charge in [-0.3, -0.25) is 4.79 Å². The van der Waals surface area contributed by atoms with Gasteiger partial charge in [0.05, 0.1) is 6.61 Å². The Morgan fingerprint density at radius 2 is 1.92 bits per heavy atom. The fourth-order valence-electron chi connectivity index (χ4n) is 2.07. The van der Waals surface area contributed by atoms with Crippen molar-refractivity contribution >= 4 is 23.2 Å². The number of anilines is 3. The van der Waals surface area contributed by atoms with Gasteiger partial charge in [0.15, 0.2) is 17.3 Å². The van der Waals surface area contributed by atoms with E-state index in [1.807, 2.05) is 6.92 Å². The second-order valence-corrected chi connectivity index (χ2v) is 5.16. The van der Waals surface area contributed by atoms with E-state index in [1.165, 1.54) is 0 Å². The van der Waals surface area contributed by atoms with E-state index in [4.69, 9.17) is 9.26 Å². The first-order valence-electron chi connectivity index (χ1n) is 7.72. The third kappa shape index (κ3) is 4.31. The number of benzene rings is 1. The lowest BCUT2D eigenvalue weighted by molar-refractivity contribution is 0.102. The fraction of sp³-hybridized carbons (Fsp3) is 0.176. The smallest absolute Gasteiger partial charge is 0.276 e. The van der Waals surface area contributed by atoms with Gasteiger partial charge in [-0.2, -0.15) is 0 Å². The second kappa shape index (κ2) is 7.43. The Morgan fingerprint density at radius 3 is 2.52 bits per heavy atom. The number of carbonyl (C=O) groups excluding carboxylic acids is 1.